The Kier molecular flexibility index (Phi) is 5.16. The van der Waals surface area contributed by atoms with E-state index in [1.54, 1.807) is 0 Å². The summed E-state index contributed by atoms with van der Waals surface area (Å²) < 4.78 is 0. The molecule has 108 valence electrons. The van der Waals surface area contributed by atoms with Crippen molar-refractivity contribution in [3.63, 3.8) is 0 Å². The van der Waals surface area contributed by atoms with Crippen LogP contribution in [0.1, 0.15) is 55.7 Å². The van der Waals surface area contributed by atoms with Gasteiger partial charge in [-0.25, -0.2) is 0 Å². The van der Waals surface area contributed by atoms with E-state index in [2.05, 4.69) is 29.4 Å². The van der Waals surface area contributed by atoms with Gasteiger partial charge in [0.1, 0.15) is 11.4 Å². The van der Waals surface area contributed by atoms with Crippen LogP contribution in [0.2, 0.25) is 0 Å². The normalized spacial score (nSPS) is 16.1. The summed E-state index contributed by atoms with van der Waals surface area (Å²) in [6, 6.07) is 6.13. The summed E-state index contributed by atoms with van der Waals surface area (Å²) in [4.78, 5) is 0. The molecule has 0 saturated carbocycles. The van der Waals surface area contributed by atoms with Crippen molar-refractivity contribution in [1.82, 2.24) is 0 Å². The van der Waals surface area contributed by atoms with Gasteiger partial charge in [0.2, 0.25) is 0 Å². The third-order valence-electron chi connectivity index (χ3n) is 3.88. The van der Waals surface area contributed by atoms with Gasteiger partial charge in [-0.2, -0.15) is 0 Å². The van der Waals surface area contributed by atoms with Gasteiger partial charge in [-0.3, -0.25) is 0 Å². The minimum absolute atomic E-state index is 0.384. The fourth-order valence-electron chi connectivity index (χ4n) is 2.72. The lowest BCUT2D eigenvalue weighted by Crippen LogP contribution is -2.17. The van der Waals surface area contributed by atoms with Gasteiger partial charge in [0, 0.05) is 5.56 Å². The van der Waals surface area contributed by atoms with Crippen molar-refractivity contribution in [3.05, 3.63) is 34.9 Å². The molecule has 1 aromatic carbocycles. The smallest absolute Gasteiger partial charge is 0.134 e. The monoisotopic (exact) mass is 274 g/mol. The molecule has 0 radical (unpaired) electrons. The molecule has 1 aliphatic rings. The zero-order valence-corrected chi connectivity index (χ0v) is 12.0. The van der Waals surface area contributed by atoms with E-state index in [1.807, 2.05) is 6.07 Å². The first-order valence-electron chi connectivity index (χ1n) is 7.35. The van der Waals surface area contributed by atoms with Crippen LogP contribution in [-0.4, -0.2) is 21.8 Å². The number of benzene rings is 1. The van der Waals surface area contributed by atoms with Crippen LogP contribution in [0.3, 0.4) is 0 Å². The molecule has 1 aromatic rings. The van der Waals surface area contributed by atoms with E-state index in [9.17, 15) is 5.21 Å². The molecule has 0 aromatic heterocycles. The van der Waals surface area contributed by atoms with E-state index >= 15 is 0 Å². The van der Waals surface area contributed by atoms with E-state index in [0.29, 0.717) is 17.8 Å². The maximum Gasteiger partial charge on any atom is 0.134 e. The summed E-state index contributed by atoms with van der Waals surface area (Å²) >= 11 is 0. The third kappa shape index (κ3) is 3.18. The fraction of sp³-hybridized carbons (Fsp3) is 0.500. The van der Waals surface area contributed by atoms with E-state index < -0.39 is 0 Å². The number of oxime groups is 2. The van der Waals surface area contributed by atoms with Crippen molar-refractivity contribution in [1.29, 1.82) is 0 Å². The third-order valence-corrected chi connectivity index (χ3v) is 3.88. The Morgan fingerprint density at radius 3 is 2.50 bits per heavy atom. The summed E-state index contributed by atoms with van der Waals surface area (Å²) in [7, 11) is 0. The number of hydrogen-bond donors (Lipinski definition) is 2. The van der Waals surface area contributed by atoms with Gasteiger partial charge in [0.15, 0.2) is 0 Å². The molecule has 2 rings (SSSR count). The Morgan fingerprint density at radius 1 is 1.10 bits per heavy atom. The molecule has 0 unspecified atom stereocenters. The average molecular weight is 274 g/mol. The lowest BCUT2D eigenvalue weighted by Gasteiger charge is -2.17. The molecular weight excluding hydrogens is 252 g/mol. The van der Waals surface area contributed by atoms with Crippen LogP contribution >= 0.6 is 0 Å². The van der Waals surface area contributed by atoms with Crippen LogP contribution in [-0.2, 0) is 12.8 Å². The first-order chi connectivity index (χ1) is 9.80. The molecule has 0 aliphatic heterocycles. The molecule has 4 heteroatoms. The number of aryl methyl sites for hydroxylation is 2. The van der Waals surface area contributed by atoms with Gasteiger partial charge in [0.25, 0.3) is 0 Å². The Morgan fingerprint density at radius 2 is 1.85 bits per heavy atom. The zero-order valence-electron chi connectivity index (χ0n) is 12.0. The van der Waals surface area contributed by atoms with Crippen LogP contribution in [0, 0.1) is 0 Å². The van der Waals surface area contributed by atoms with Crippen molar-refractivity contribution in [3.8, 4) is 0 Å². The van der Waals surface area contributed by atoms with Crippen molar-refractivity contribution in [2.24, 2.45) is 10.3 Å². The quantitative estimate of drug-likeness (QED) is 0.487. The number of unbranched alkanes of at least 4 members (excludes halogenated alkanes) is 1. The molecule has 2 N–H and O–H groups in total. The van der Waals surface area contributed by atoms with Crippen LogP contribution in [0.5, 0.6) is 0 Å². The second-order valence-corrected chi connectivity index (χ2v) is 5.29. The molecule has 0 fully saturated rings. The van der Waals surface area contributed by atoms with E-state index in [0.717, 1.165) is 31.2 Å². The number of rotatable bonds is 5. The second kappa shape index (κ2) is 7.08. The SMILES string of the molecule is CCCCC(=N/O)/C(=N\O)c1ccc2c(c1)CCCC2. The van der Waals surface area contributed by atoms with Gasteiger partial charge < -0.3 is 10.4 Å². The van der Waals surface area contributed by atoms with E-state index in [-0.39, 0.29) is 0 Å². The maximum atomic E-state index is 9.28. The van der Waals surface area contributed by atoms with Crippen molar-refractivity contribution in [2.45, 2.75) is 51.9 Å². The molecule has 1 aliphatic carbocycles. The van der Waals surface area contributed by atoms with Crippen LogP contribution < -0.4 is 0 Å². The molecule has 0 saturated heterocycles. The summed E-state index contributed by atoms with van der Waals surface area (Å²) in [5.74, 6) is 0. The Hall–Kier alpha value is -1.84. The van der Waals surface area contributed by atoms with Gasteiger partial charge in [-0.15, -0.1) is 0 Å². The molecule has 0 heterocycles. The molecular formula is C16H22N2O2. The largest absolute Gasteiger partial charge is 0.411 e. The highest BCUT2D eigenvalue weighted by Gasteiger charge is 2.16. The predicted molar refractivity (Wildman–Crippen MR) is 80.2 cm³/mol. The Labute approximate surface area is 119 Å². The first kappa shape index (κ1) is 14.6. The molecule has 0 amide bonds. The topological polar surface area (TPSA) is 65.2 Å². The average Bonchev–Trinajstić information content (AvgIpc) is 2.51. The van der Waals surface area contributed by atoms with Gasteiger partial charge in [0.05, 0.1) is 0 Å². The molecule has 0 bridgehead atoms. The predicted octanol–water partition coefficient (Wildman–Crippen LogP) is 3.76. The number of hydrogen-bond acceptors (Lipinski definition) is 4. The maximum absolute atomic E-state index is 9.28. The van der Waals surface area contributed by atoms with E-state index in [1.165, 1.54) is 24.0 Å². The minimum Gasteiger partial charge on any atom is -0.411 e. The summed E-state index contributed by atoms with van der Waals surface area (Å²) in [5, 5.41) is 25.1. The molecule has 0 spiro atoms. The second-order valence-electron chi connectivity index (χ2n) is 5.29. The van der Waals surface area contributed by atoms with Gasteiger partial charge in [-0.05, 0) is 55.7 Å². The van der Waals surface area contributed by atoms with Gasteiger partial charge in [-0.1, -0.05) is 35.8 Å². The summed E-state index contributed by atoms with van der Waals surface area (Å²) in [6.07, 6.45) is 7.17. The summed E-state index contributed by atoms with van der Waals surface area (Å²) in [6.45, 7) is 2.07. The van der Waals surface area contributed by atoms with Gasteiger partial charge >= 0.3 is 0 Å². The molecule has 0 atom stereocenters. The highest BCUT2D eigenvalue weighted by atomic mass is 16.4. The first-order valence-corrected chi connectivity index (χ1v) is 7.35. The summed E-state index contributed by atoms with van der Waals surface area (Å²) in [5.41, 5.74) is 4.37. The highest BCUT2D eigenvalue weighted by Crippen LogP contribution is 2.23. The Bertz CT molecular complexity index is 521. The lowest BCUT2D eigenvalue weighted by atomic mass is 9.89. The molecule has 20 heavy (non-hydrogen) atoms. The standard InChI is InChI=1S/C16H22N2O2/c1-2-3-8-15(17-19)16(18-20)14-10-9-12-6-4-5-7-13(12)11-14/h9-11,19-20H,2-8H2,1H3/b17-15-,18-16-. The highest BCUT2D eigenvalue weighted by molar-refractivity contribution is 6.48. The molecule has 4 nitrogen and oxygen atoms in total. The minimum atomic E-state index is 0.384. The number of nitrogens with zero attached hydrogens (tertiary/aromatic N) is 2. The van der Waals surface area contributed by atoms with Crippen LogP contribution in [0.25, 0.3) is 0 Å². The lowest BCUT2D eigenvalue weighted by molar-refractivity contribution is 0.313. The van der Waals surface area contributed by atoms with Crippen molar-refractivity contribution >= 4 is 11.4 Å². The number of fused-ring (bicyclic) bond motifs is 1. The Balaban J connectivity index is 2.27. The zero-order chi connectivity index (χ0) is 14.4. The fourth-order valence-corrected chi connectivity index (χ4v) is 2.72. The van der Waals surface area contributed by atoms with Crippen molar-refractivity contribution < 1.29 is 10.4 Å². The van der Waals surface area contributed by atoms with Crippen LogP contribution in [0.15, 0.2) is 28.5 Å². The van der Waals surface area contributed by atoms with Crippen LogP contribution in [0.4, 0.5) is 0 Å². The van der Waals surface area contributed by atoms with Crippen molar-refractivity contribution in [2.75, 3.05) is 0 Å². The van der Waals surface area contributed by atoms with E-state index in [4.69, 9.17) is 5.21 Å².